The molecule has 3 rings (SSSR count). The zero-order chi connectivity index (χ0) is 20.1. The molecule has 1 heterocycles. The first kappa shape index (κ1) is 19.2. The molecule has 3 aromatic rings. The molecule has 7 heteroatoms. The number of aryl methyl sites for hydroxylation is 1. The average molecular weight is 378 g/mol. The van der Waals surface area contributed by atoms with Gasteiger partial charge in [0.2, 0.25) is 0 Å². The number of para-hydroxylation sites is 1. The van der Waals surface area contributed by atoms with Gasteiger partial charge in [0.05, 0.1) is 29.7 Å². The third-order valence-electron chi connectivity index (χ3n) is 4.36. The van der Waals surface area contributed by atoms with Crippen LogP contribution in [0.2, 0.25) is 0 Å². The SMILES string of the molecule is COC(=O)Nc1ccc(CNC(=O)c2c(C)nn(-c3ccccc3)c2C)cc1. The molecule has 0 unspecified atom stereocenters. The van der Waals surface area contributed by atoms with Crippen molar-refractivity contribution in [2.75, 3.05) is 12.4 Å². The molecule has 0 radical (unpaired) electrons. The second kappa shape index (κ2) is 8.39. The molecule has 0 aliphatic rings. The highest BCUT2D eigenvalue weighted by Gasteiger charge is 2.19. The van der Waals surface area contributed by atoms with Crippen LogP contribution in [0.5, 0.6) is 0 Å². The van der Waals surface area contributed by atoms with Gasteiger partial charge in [-0.15, -0.1) is 0 Å². The quantitative estimate of drug-likeness (QED) is 0.710. The molecule has 144 valence electrons. The Morgan fingerprint density at radius 2 is 1.71 bits per heavy atom. The predicted molar refractivity (Wildman–Crippen MR) is 107 cm³/mol. The van der Waals surface area contributed by atoms with Gasteiger partial charge in [0.15, 0.2) is 0 Å². The van der Waals surface area contributed by atoms with Gasteiger partial charge >= 0.3 is 6.09 Å². The smallest absolute Gasteiger partial charge is 0.411 e. The molecule has 2 N–H and O–H groups in total. The topological polar surface area (TPSA) is 85.2 Å². The van der Waals surface area contributed by atoms with Crippen molar-refractivity contribution in [2.45, 2.75) is 20.4 Å². The van der Waals surface area contributed by atoms with E-state index in [0.29, 0.717) is 23.5 Å². The maximum absolute atomic E-state index is 12.7. The van der Waals surface area contributed by atoms with E-state index in [1.807, 2.05) is 56.3 Å². The summed E-state index contributed by atoms with van der Waals surface area (Å²) in [7, 11) is 1.31. The fraction of sp³-hybridized carbons (Fsp3) is 0.190. The molecule has 28 heavy (non-hydrogen) atoms. The summed E-state index contributed by atoms with van der Waals surface area (Å²) < 4.78 is 6.33. The Kier molecular flexibility index (Phi) is 5.74. The number of carbonyl (C=O) groups excluding carboxylic acids is 2. The predicted octanol–water partition coefficient (Wildman–Crippen LogP) is 3.60. The third-order valence-corrected chi connectivity index (χ3v) is 4.36. The highest BCUT2D eigenvalue weighted by molar-refractivity contribution is 5.96. The number of aromatic nitrogens is 2. The van der Waals surface area contributed by atoms with E-state index in [1.165, 1.54) is 7.11 Å². The van der Waals surface area contributed by atoms with Crippen LogP contribution in [0, 0.1) is 13.8 Å². The summed E-state index contributed by atoms with van der Waals surface area (Å²) in [6, 6.07) is 16.9. The number of nitrogens with zero attached hydrogens (tertiary/aromatic N) is 2. The molecular weight excluding hydrogens is 356 g/mol. The van der Waals surface area contributed by atoms with Crippen LogP contribution < -0.4 is 10.6 Å². The van der Waals surface area contributed by atoms with Crippen LogP contribution in [-0.2, 0) is 11.3 Å². The number of rotatable bonds is 5. The Morgan fingerprint density at radius 1 is 1.04 bits per heavy atom. The van der Waals surface area contributed by atoms with Crippen molar-refractivity contribution >= 4 is 17.7 Å². The monoisotopic (exact) mass is 378 g/mol. The second-order valence-electron chi connectivity index (χ2n) is 6.29. The minimum absolute atomic E-state index is 0.172. The first-order valence-electron chi connectivity index (χ1n) is 8.83. The first-order chi connectivity index (χ1) is 13.5. The fourth-order valence-electron chi connectivity index (χ4n) is 2.94. The van der Waals surface area contributed by atoms with Gasteiger partial charge < -0.3 is 10.1 Å². The van der Waals surface area contributed by atoms with Crippen LogP contribution in [0.15, 0.2) is 54.6 Å². The summed E-state index contributed by atoms with van der Waals surface area (Å²) in [5.41, 5.74) is 4.49. The Balaban J connectivity index is 1.69. The van der Waals surface area contributed by atoms with Crippen molar-refractivity contribution in [3.8, 4) is 5.69 Å². The van der Waals surface area contributed by atoms with Crippen molar-refractivity contribution < 1.29 is 14.3 Å². The van der Waals surface area contributed by atoms with E-state index < -0.39 is 6.09 Å². The van der Waals surface area contributed by atoms with Gasteiger partial charge in [-0.1, -0.05) is 30.3 Å². The molecule has 7 nitrogen and oxygen atoms in total. The highest BCUT2D eigenvalue weighted by atomic mass is 16.5. The van der Waals surface area contributed by atoms with E-state index in [2.05, 4.69) is 20.5 Å². The normalized spacial score (nSPS) is 10.4. The molecule has 2 aromatic carbocycles. The minimum atomic E-state index is -0.526. The minimum Gasteiger partial charge on any atom is -0.453 e. The summed E-state index contributed by atoms with van der Waals surface area (Å²) >= 11 is 0. The molecular formula is C21H22N4O3. The Bertz CT molecular complexity index is 979. The maximum atomic E-state index is 12.7. The van der Waals surface area contributed by atoms with Crippen LogP contribution in [0.1, 0.15) is 27.3 Å². The number of nitrogens with one attached hydrogen (secondary N) is 2. The molecule has 0 spiro atoms. The number of methoxy groups -OCH3 is 1. The number of benzene rings is 2. The number of carbonyl (C=O) groups is 2. The average Bonchev–Trinajstić information content (AvgIpc) is 3.02. The number of ether oxygens (including phenoxy) is 1. The van der Waals surface area contributed by atoms with Gasteiger partial charge in [-0.05, 0) is 43.7 Å². The molecule has 0 fully saturated rings. The Labute approximate surface area is 163 Å². The van der Waals surface area contributed by atoms with Crippen LogP contribution >= 0.6 is 0 Å². The van der Waals surface area contributed by atoms with Crippen molar-refractivity contribution in [3.63, 3.8) is 0 Å². The number of hydrogen-bond donors (Lipinski definition) is 2. The van der Waals surface area contributed by atoms with Gasteiger partial charge in [-0.3, -0.25) is 10.1 Å². The molecule has 0 aliphatic carbocycles. The second-order valence-corrected chi connectivity index (χ2v) is 6.29. The van der Waals surface area contributed by atoms with Gasteiger partial charge in [-0.2, -0.15) is 5.10 Å². The standard InChI is InChI=1S/C21H22N4O3/c1-14-19(15(2)25(24-14)18-7-5-4-6-8-18)20(26)22-13-16-9-11-17(12-10-16)23-21(27)28-3/h4-12H,13H2,1-3H3,(H,22,26)(H,23,27). The van der Waals surface area contributed by atoms with E-state index >= 15 is 0 Å². The largest absolute Gasteiger partial charge is 0.453 e. The summed E-state index contributed by atoms with van der Waals surface area (Å²) in [5, 5.41) is 10.0. The summed E-state index contributed by atoms with van der Waals surface area (Å²) in [6.07, 6.45) is -0.526. The van der Waals surface area contributed by atoms with Crippen LogP contribution in [0.4, 0.5) is 10.5 Å². The van der Waals surface area contributed by atoms with Gasteiger partial charge in [0.25, 0.3) is 5.91 Å². The van der Waals surface area contributed by atoms with Crippen LogP contribution in [-0.4, -0.2) is 28.9 Å². The van der Waals surface area contributed by atoms with Crippen molar-refractivity contribution in [2.24, 2.45) is 0 Å². The summed E-state index contributed by atoms with van der Waals surface area (Å²) in [4.78, 5) is 23.9. The zero-order valence-electron chi connectivity index (χ0n) is 16.0. The van der Waals surface area contributed by atoms with Crippen LogP contribution in [0.25, 0.3) is 5.69 Å². The summed E-state index contributed by atoms with van der Waals surface area (Å²) in [5.74, 6) is -0.172. The summed E-state index contributed by atoms with van der Waals surface area (Å²) in [6.45, 7) is 4.08. The first-order valence-corrected chi connectivity index (χ1v) is 8.83. The van der Waals surface area contributed by atoms with Gasteiger partial charge in [-0.25, -0.2) is 9.48 Å². The highest BCUT2D eigenvalue weighted by Crippen LogP contribution is 2.18. The molecule has 0 atom stereocenters. The van der Waals surface area contributed by atoms with Crippen molar-refractivity contribution in [3.05, 3.63) is 77.1 Å². The molecule has 0 aliphatic heterocycles. The molecule has 0 saturated carbocycles. The zero-order valence-corrected chi connectivity index (χ0v) is 16.0. The maximum Gasteiger partial charge on any atom is 0.411 e. The lowest BCUT2D eigenvalue weighted by Gasteiger charge is -2.08. The molecule has 0 bridgehead atoms. The van der Waals surface area contributed by atoms with E-state index in [4.69, 9.17) is 0 Å². The molecule has 0 saturated heterocycles. The fourth-order valence-corrected chi connectivity index (χ4v) is 2.94. The van der Waals surface area contributed by atoms with E-state index in [0.717, 1.165) is 16.9 Å². The van der Waals surface area contributed by atoms with Crippen LogP contribution in [0.3, 0.4) is 0 Å². The van der Waals surface area contributed by atoms with E-state index in [9.17, 15) is 9.59 Å². The van der Waals surface area contributed by atoms with Gasteiger partial charge in [0.1, 0.15) is 0 Å². The molecule has 2 amide bonds. The lowest BCUT2D eigenvalue weighted by molar-refractivity contribution is 0.0949. The van der Waals surface area contributed by atoms with Crippen molar-refractivity contribution in [1.82, 2.24) is 15.1 Å². The molecule has 1 aromatic heterocycles. The van der Waals surface area contributed by atoms with Crippen molar-refractivity contribution in [1.29, 1.82) is 0 Å². The number of hydrogen-bond acceptors (Lipinski definition) is 4. The number of anilines is 1. The Morgan fingerprint density at radius 3 is 2.36 bits per heavy atom. The number of amides is 2. The third kappa shape index (κ3) is 4.20. The van der Waals surface area contributed by atoms with E-state index in [1.54, 1.807) is 16.8 Å². The lowest BCUT2D eigenvalue weighted by atomic mass is 10.1. The lowest BCUT2D eigenvalue weighted by Crippen LogP contribution is -2.24. The Hall–Kier alpha value is -3.61. The van der Waals surface area contributed by atoms with E-state index in [-0.39, 0.29) is 5.91 Å². The van der Waals surface area contributed by atoms with Gasteiger partial charge in [0, 0.05) is 12.2 Å².